The Kier molecular flexibility index (Phi) is 3.23. The third-order valence-corrected chi connectivity index (χ3v) is 2.51. The van der Waals surface area contributed by atoms with Crippen molar-refractivity contribution in [3.8, 4) is 0 Å². The number of hydrogen-bond acceptors (Lipinski definition) is 0. The third-order valence-electron chi connectivity index (χ3n) is 1.40. The Morgan fingerprint density at radius 3 is 2.00 bits per heavy atom. The van der Waals surface area contributed by atoms with Crippen LogP contribution in [-0.4, -0.2) is 0 Å². The summed E-state index contributed by atoms with van der Waals surface area (Å²) in [6.45, 7) is 1.99. The normalized spacial score (nSPS) is 13.1. The lowest BCUT2D eigenvalue weighted by Crippen LogP contribution is -1.86. The van der Waals surface area contributed by atoms with Gasteiger partial charge in [0.1, 0.15) is 0 Å². The van der Waals surface area contributed by atoms with Crippen molar-refractivity contribution >= 4 is 39.1 Å². The molecule has 1 unspecified atom stereocenters. The molecule has 0 saturated carbocycles. The first-order valence-electron chi connectivity index (χ1n) is 3.21. The van der Waals surface area contributed by atoms with E-state index in [4.69, 9.17) is 23.2 Å². The van der Waals surface area contributed by atoms with Gasteiger partial charge in [0.15, 0.2) is 0 Å². The first-order valence-corrected chi connectivity index (χ1v) is 4.88. The highest BCUT2D eigenvalue weighted by molar-refractivity contribution is 9.09. The maximum absolute atomic E-state index is 5.91. The van der Waals surface area contributed by atoms with Gasteiger partial charge in [-0.3, -0.25) is 0 Å². The highest BCUT2D eigenvalue weighted by Gasteiger charge is 2.09. The van der Waals surface area contributed by atoms with Crippen LogP contribution in [0.25, 0.3) is 0 Å². The molecule has 0 nitrogen and oxygen atoms in total. The molecule has 0 fully saturated rings. The van der Waals surface area contributed by atoms with Crippen LogP contribution in [0, 0.1) is 0 Å². The SMILES string of the molecule is CC(Br)c1c(Cl)cccc1Cl. The summed E-state index contributed by atoms with van der Waals surface area (Å²) in [4.78, 5) is 0.198. The van der Waals surface area contributed by atoms with Crippen LogP contribution in [0.2, 0.25) is 10.0 Å². The Balaban J connectivity index is 3.21. The minimum Gasteiger partial charge on any atom is -0.0841 e. The number of hydrogen-bond donors (Lipinski definition) is 0. The Morgan fingerprint density at radius 1 is 1.27 bits per heavy atom. The predicted octanol–water partition coefficient (Wildman–Crippen LogP) is 4.45. The maximum Gasteiger partial charge on any atom is 0.0464 e. The van der Waals surface area contributed by atoms with Gasteiger partial charge in [-0.25, -0.2) is 0 Å². The van der Waals surface area contributed by atoms with Gasteiger partial charge in [-0.15, -0.1) is 0 Å². The maximum atomic E-state index is 5.91. The monoisotopic (exact) mass is 252 g/mol. The molecule has 0 bridgehead atoms. The van der Waals surface area contributed by atoms with Crippen molar-refractivity contribution in [2.24, 2.45) is 0 Å². The van der Waals surface area contributed by atoms with E-state index in [9.17, 15) is 0 Å². The lowest BCUT2D eigenvalue weighted by Gasteiger charge is -2.07. The molecule has 0 saturated heterocycles. The van der Waals surface area contributed by atoms with Gasteiger partial charge in [0.05, 0.1) is 0 Å². The minimum atomic E-state index is 0.198. The molecule has 0 heterocycles. The van der Waals surface area contributed by atoms with Crippen LogP contribution in [0.5, 0.6) is 0 Å². The molecule has 0 aliphatic carbocycles. The van der Waals surface area contributed by atoms with Gasteiger partial charge >= 0.3 is 0 Å². The summed E-state index contributed by atoms with van der Waals surface area (Å²) in [5, 5.41) is 1.42. The highest BCUT2D eigenvalue weighted by Crippen LogP contribution is 2.34. The van der Waals surface area contributed by atoms with Crippen LogP contribution in [0.15, 0.2) is 18.2 Å². The molecule has 0 aliphatic rings. The van der Waals surface area contributed by atoms with Gasteiger partial charge in [-0.1, -0.05) is 45.2 Å². The van der Waals surface area contributed by atoms with E-state index in [1.807, 2.05) is 25.1 Å². The summed E-state index contributed by atoms with van der Waals surface area (Å²) in [5.74, 6) is 0. The molecule has 0 aromatic heterocycles. The summed E-state index contributed by atoms with van der Waals surface area (Å²) in [6, 6.07) is 5.50. The van der Waals surface area contributed by atoms with Gasteiger partial charge < -0.3 is 0 Å². The number of rotatable bonds is 1. The standard InChI is InChI=1S/C8H7BrCl2/c1-5(9)8-6(10)3-2-4-7(8)11/h2-5H,1H3. The Labute approximate surface area is 84.6 Å². The zero-order chi connectivity index (χ0) is 8.43. The second-order valence-corrected chi connectivity index (χ2v) is 4.44. The zero-order valence-corrected chi connectivity index (χ0v) is 9.04. The molecule has 1 atom stereocenters. The number of halogens is 3. The average Bonchev–Trinajstić information content (AvgIpc) is 1.85. The molecular formula is C8H7BrCl2. The van der Waals surface area contributed by atoms with E-state index < -0.39 is 0 Å². The van der Waals surface area contributed by atoms with Crippen LogP contribution in [-0.2, 0) is 0 Å². The fourth-order valence-corrected chi connectivity index (χ4v) is 2.37. The molecular weight excluding hydrogens is 247 g/mol. The van der Waals surface area contributed by atoms with Gasteiger partial charge in [0.2, 0.25) is 0 Å². The first kappa shape index (κ1) is 9.37. The lowest BCUT2D eigenvalue weighted by molar-refractivity contribution is 1.12. The van der Waals surface area contributed by atoms with Crippen molar-refractivity contribution in [2.75, 3.05) is 0 Å². The summed E-state index contributed by atoms with van der Waals surface area (Å²) in [6.07, 6.45) is 0. The van der Waals surface area contributed by atoms with Crippen molar-refractivity contribution < 1.29 is 0 Å². The van der Waals surface area contributed by atoms with Crippen LogP contribution in [0.4, 0.5) is 0 Å². The molecule has 0 radical (unpaired) electrons. The Hall–Kier alpha value is 0.280. The van der Waals surface area contributed by atoms with E-state index in [1.54, 1.807) is 0 Å². The smallest absolute Gasteiger partial charge is 0.0464 e. The van der Waals surface area contributed by atoms with E-state index in [0.29, 0.717) is 10.0 Å². The quantitative estimate of drug-likeness (QED) is 0.649. The molecule has 1 aromatic rings. The second-order valence-electron chi connectivity index (χ2n) is 2.25. The Morgan fingerprint density at radius 2 is 1.73 bits per heavy atom. The van der Waals surface area contributed by atoms with Crippen molar-refractivity contribution in [3.63, 3.8) is 0 Å². The van der Waals surface area contributed by atoms with Crippen molar-refractivity contribution in [1.82, 2.24) is 0 Å². The van der Waals surface area contributed by atoms with E-state index in [2.05, 4.69) is 15.9 Å². The van der Waals surface area contributed by atoms with Crippen LogP contribution >= 0.6 is 39.1 Å². The molecule has 11 heavy (non-hydrogen) atoms. The highest BCUT2D eigenvalue weighted by atomic mass is 79.9. The molecule has 0 aliphatic heterocycles. The molecule has 0 N–H and O–H groups in total. The largest absolute Gasteiger partial charge is 0.0841 e. The van der Waals surface area contributed by atoms with Crippen molar-refractivity contribution in [1.29, 1.82) is 0 Å². The van der Waals surface area contributed by atoms with E-state index >= 15 is 0 Å². The number of alkyl halides is 1. The van der Waals surface area contributed by atoms with E-state index in [1.165, 1.54) is 0 Å². The molecule has 1 rings (SSSR count). The Bertz CT molecular complexity index is 238. The summed E-state index contributed by atoms with van der Waals surface area (Å²) in [7, 11) is 0. The predicted molar refractivity (Wildman–Crippen MR) is 53.8 cm³/mol. The summed E-state index contributed by atoms with van der Waals surface area (Å²) in [5.41, 5.74) is 0.954. The fourth-order valence-electron chi connectivity index (χ4n) is 0.891. The van der Waals surface area contributed by atoms with Gasteiger partial charge in [-0.2, -0.15) is 0 Å². The van der Waals surface area contributed by atoms with Gasteiger partial charge in [0.25, 0.3) is 0 Å². The van der Waals surface area contributed by atoms with E-state index in [-0.39, 0.29) is 4.83 Å². The molecule has 0 amide bonds. The fraction of sp³-hybridized carbons (Fsp3) is 0.250. The summed E-state index contributed by atoms with van der Waals surface area (Å²) >= 11 is 15.2. The van der Waals surface area contributed by atoms with Gasteiger partial charge in [-0.05, 0) is 19.1 Å². The molecule has 0 spiro atoms. The summed E-state index contributed by atoms with van der Waals surface area (Å²) < 4.78 is 0. The van der Waals surface area contributed by atoms with Crippen molar-refractivity contribution in [3.05, 3.63) is 33.8 Å². The average molecular weight is 254 g/mol. The lowest BCUT2D eigenvalue weighted by atomic mass is 10.2. The van der Waals surface area contributed by atoms with Crippen LogP contribution in [0.1, 0.15) is 17.3 Å². The number of benzene rings is 1. The minimum absolute atomic E-state index is 0.198. The second kappa shape index (κ2) is 3.79. The zero-order valence-electron chi connectivity index (χ0n) is 5.94. The topological polar surface area (TPSA) is 0 Å². The molecule has 3 heteroatoms. The molecule has 1 aromatic carbocycles. The first-order chi connectivity index (χ1) is 5.13. The van der Waals surface area contributed by atoms with E-state index in [0.717, 1.165) is 5.56 Å². The molecule has 60 valence electrons. The van der Waals surface area contributed by atoms with Crippen LogP contribution < -0.4 is 0 Å². The van der Waals surface area contributed by atoms with Gasteiger partial charge in [0, 0.05) is 20.4 Å². The third kappa shape index (κ3) is 2.11. The van der Waals surface area contributed by atoms with Crippen LogP contribution in [0.3, 0.4) is 0 Å². The van der Waals surface area contributed by atoms with Crippen molar-refractivity contribution in [2.45, 2.75) is 11.8 Å².